The number of hydrogen-bond donors (Lipinski definition) is 1. The number of benzene rings is 1. The largest absolute Gasteiger partial charge is 0.373 e. The smallest absolute Gasteiger partial charge is 0.127 e. The van der Waals surface area contributed by atoms with Crippen LogP contribution >= 0.6 is 24.0 Å². The maximum atomic E-state index is 5.74. The van der Waals surface area contributed by atoms with E-state index in [4.69, 9.17) is 11.6 Å². The third kappa shape index (κ3) is 3.25. The van der Waals surface area contributed by atoms with Gasteiger partial charge < -0.3 is 5.32 Å². The van der Waals surface area contributed by atoms with Crippen molar-refractivity contribution in [2.24, 2.45) is 4.99 Å². The molecule has 0 aliphatic carbocycles. The second-order valence-corrected chi connectivity index (χ2v) is 2.77. The standard InChI is InChI=1S/C9H11ClN2.ClH/c1-11-9(12-2)7-3-5-8(10)6-4-7;/h3-6H,1-2H3,(H,11,12);1H. The Bertz CT molecular complexity index is 280. The van der Waals surface area contributed by atoms with Crippen LogP contribution in [-0.2, 0) is 0 Å². The minimum atomic E-state index is 0. The Kier molecular flexibility index (Phi) is 5.51. The molecule has 0 radical (unpaired) electrons. The van der Waals surface area contributed by atoms with Gasteiger partial charge >= 0.3 is 0 Å². The Morgan fingerprint density at radius 1 is 1.31 bits per heavy atom. The summed E-state index contributed by atoms with van der Waals surface area (Å²) in [6.07, 6.45) is 0. The van der Waals surface area contributed by atoms with E-state index >= 15 is 0 Å². The molecule has 0 bridgehead atoms. The molecule has 4 heteroatoms. The van der Waals surface area contributed by atoms with E-state index in [1.54, 1.807) is 7.05 Å². The molecule has 2 nitrogen and oxygen atoms in total. The van der Waals surface area contributed by atoms with Crippen LogP contribution in [0.2, 0.25) is 5.02 Å². The first-order chi connectivity index (χ1) is 5.77. The Morgan fingerprint density at radius 2 is 1.85 bits per heavy atom. The lowest BCUT2D eigenvalue weighted by Gasteiger charge is -2.03. The predicted octanol–water partition coefficient (Wildman–Crippen LogP) is 2.36. The molecule has 72 valence electrons. The fraction of sp³-hybridized carbons (Fsp3) is 0.222. The van der Waals surface area contributed by atoms with Gasteiger partial charge in [0.25, 0.3) is 0 Å². The number of hydrogen-bond acceptors (Lipinski definition) is 1. The average Bonchev–Trinajstić information content (AvgIpc) is 2.10. The van der Waals surface area contributed by atoms with Gasteiger partial charge in [-0.15, -0.1) is 12.4 Å². The van der Waals surface area contributed by atoms with Gasteiger partial charge in [0.15, 0.2) is 0 Å². The van der Waals surface area contributed by atoms with Crippen molar-refractivity contribution in [3.8, 4) is 0 Å². The Labute approximate surface area is 89.4 Å². The van der Waals surface area contributed by atoms with E-state index < -0.39 is 0 Å². The minimum absolute atomic E-state index is 0. The van der Waals surface area contributed by atoms with Crippen LogP contribution in [0.1, 0.15) is 5.56 Å². The highest BCUT2D eigenvalue weighted by atomic mass is 35.5. The highest BCUT2D eigenvalue weighted by Crippen LogP contribution is 2.09. The molecule has 1 aromatic rings. The molecule has 0 aliphatic rings. The van der Waals surface area contributed by atoms with Crippen LogP contribution in [0.25, 0.3) is 0 Å². The lowest BCUT2D eigenvalue weighted by Crippen LogP contribution is -2.18. The van der Waals surface area contributed by atoms with Gasteiger partial charge in [-0.2, -0.15) is 0 Å². The average molecular weight is 219 g/mol. The fourth-order valence-electron chi connectivity index (χ4n) is 0.993. The summed E-state index contributed by atoms with van der Waals surface area (Å²) in [4.78, 5) is 4.07. The summed E-state index contributed by atoms with van der Waals surface area (Å²) in [6.45, 7) is 0. The molecule has 0 aliphatic heterocycles. The Hall–Kier alpha value is -0.730. The van der Waals surface area contributed by atoms with Gasteiger partial charge in [0, 0.05) is 24.7 Å². The zero-order chi connectivity index (χ0) is 8.97. The maximum absolute atomic E-state index is 5.74. The van der Waals surface area contributed by atoms with Gasteiger partial charge in [-0.3, -0.25) is 4.99 Å². The molecule has 0 aromatic heterocycles. The van der Waals surface area contributed by atoms with Crippen LogP contribution in [0, 0.1) is 0 Å². The van der Waals surface area contributed by atoms with Crippen molar-refractivity contribution in [2.75, 3.05) is 14.1 Å². The zero-order valence-electron chi connectivity index (χ0n) is 7.54. The molecule has 0 heterocycles. The summed E-state index contributed by atoms with van der Waals surface area (Å²) in [5.41, 5.74) is 1.05. The van der Waals surface area contributed by atoms with Gasteiger partial charge in [-0.1, -0.05) is 11.6 Å². The van der Waals surface area contributed by atoms with Crippen LogP contribution < -0.4 is 5.32 Å². The van der Waals surface area contributed by atoms with Crippen LogP contribution in [0.4, 0.5) is 0 Å². The molecule has 0 atom stereocenters. The molecule has 0 unspecified atom stereocenters. The van der Waals surface area contributed by atoms with Crippen LogP contribution in [0.5, 0.6) is 0 Å². The number of rotatable bonds is 1. The van der Waals surface area contributed by atoms with Gasteiger partial charge in [-0.05, 0) is 24.3 Å². The van der Waals surface area contributed by atoms with Gasteiger partial charge in [0.2, 0.25) is 0 Å². The number of aliphatic imine (C=N–C) groups is 1. The highest BCUT2D eigenvalue weighted by Gasteiger charge is 1.97. The first-order valence-corrected chi connectivity index (χ1v) is 4.06. The molecule has 0 amide bonds. The Balaban J connectivity index is 0.00000144. The van der Waals surface area contributed by atoms with E-state index in [2.05, 4.69) is 10.3 Å². The molecule has 1 rings (SSSR count). The van der Waals surface area contributed by atoms with E-state index in [-0.39, 0.29) is 12.4 Å². The minimum Gasteiger partial charge on any atom is -0.373 e. The number of halogens is 2. The van der Waals surface area contributed by atoms with Crippen molar-refractivity contribution in [2.45, 2.75) is 0 Å². The van der Waals surface area contributed by atoms with Gasteiger partial charge in [0.05, 0.1) is 0 Å². The summed E-state index contributed by atoms with van der Waals surface area (Å²) in [5, 5.41) is 3.74. The van der Waals surface area contributed by atoms with E-state index in [1.165, 1.54) is 0 Å². The molecular formula is C9H12Cl2N2. The third-order valence-corrected chi connectivity index (χ3v) is 1.83. The highest BCUT2D eigenvalue weighted by molar-refractivity contribution is 6.30. The van der Waals surface area contributed by atoms with Crippen molar-refractivity contribution in [3.05, 3.63) is 34.9 Å². The van der Waals surface area contributed by atoms with E-state index in [0.717, 1.165) is 16.4 Å². The summed E-state index contributed by atoms with van der Waals surface area (Å²) in [5.74, 6) is 0.867. The monoisotopic (exact) mass is 218 g/mol. The molecule has 0 spiro atoms. The molecule has 1 N–H and O–H groups in total. The summed E-state index contributed by atoms with van der Waals surface area (Å²) in [7, 11) is 3.59. The molecule has 0 fully saturated rings. The first kappa shape index (κ1) is 12.3. The fourth-order valence-corrected chi connectivity index (χ4v) is 1.12. The Morgan fingerprint density at radius 3 is 2.23 bits per heavy atom. The van der Waals surface area contributed by atoms with Crippen molar-refractivity contribution in [1.29, 1.82) is 0 Å². The van der Waals surface area contributed by atoms with E-state index in [0.29, 0.717) is 0 Å². The quantitative estimate of drug-likeness (QED) is 0.569. The normalized spacial score (nSPS) is 10.5. The van der Waals surface area contributed by atoms with Crippen molar-refractivity contribution in [1.82, 2.24) is 5.32 Å². The molecule has 13 heavy (non-hydrogen) atoms. The number of nitrogens with one attached hydrogen (secondary N) is 1. The topological polar surface area (TPSA) is 24.4 Å². The van der Waals surface area contributed by atoms with Crippen molar-refractivity contribution in [3.63, 3.8) is 0 Å². The zero-order valence-corrected chi connectivity index (χ0v) is 9.12. The second kappa shape index (κ2) is 5.84. The van der Waals surface area contributed by atoms with Gasteiger partial charge in [-0.25, -0.2) is 0 Å². The van der Waals surface area contributed by atoms with Crippen LogP contribution in [-0.4, -0.2) is 19.9 Å². The summed E-state index contributed by atoms with van der Waals surface area (Å²) in [6, 6.07) is 7.56. The van der Waals surface area contributed by atoms with E-state index in [1.807, 2.05) is 31.3 Å². The SMILES string of the molecule is CN=C(NC)c1ccc(Cl)cc1.Cl. The number of nitrogens with zero attached hydrogens (tertiary/aromatic N) is 1. The van der Waals surface area contributed by atoms with Crippen LogP contribution in [0.3, 0.4) is 0 Å². The lowest BCUT2D eigenvalue weighted by atomic mass is 10.2. The molecular weight excluding hydrogens is 207 g/mol. The third-order valence-electron chi connectivity index (χ3n) is 1.58. The van der Waals surface area contributed by atoms with Gasteiger partial charge in [0.1, 0.15) is 5.84 Å². The summed E-state index contributed by atoms with van der Waals surface area (Å²) < 4.78 is 0. The lowest BCUT2D eigenvalue weighted by molar-refractivity contribution is 1.15. The predicted molar refractivity (Wildman–Crippen MR) is 60.2 cm³/mol. The molecule has 1 aromatic carbocycles. The summed E-state index contributed by atoms with van der Waals surface area (Å²) >= 11 is 5.74. The second-order valence-electron chi connectivity index (χ2n) is 2.33. The van der Waals surface area contributed by atoms with Crippen molar-refractivity contribution < 1.29 is 0 Å². The van der Waals surface area contributed by atoms with Crippen LogP contribution in [0.15, 0.2) is 29.3 Å². The first-order valence-electron chi connectivity index (χ1n) is 3.68. The maximum Gasteiger partial charge on any atom is 0.127 e. The van der Waals surface area contributed by atoms with Crippen molar-refractivity contribution >= 4 is 29.8 Å². The molecule has 0 saturated carbocycles. The molecule has 0 saturated heterocycles. The number of amidine groups is 1. The van der Waals surface area contributed by atoms with E-state index in [9.17, 15) is 0 Å².